The molecule has 1 aliphatic rings. The third-order valence-electron chi connectivity index (χ3n) is 3.73. The molecule has 1 atom stereocenters. The molecule has 1 amide bonds. The minimum Gasteiger partial charge on any atom is -0.346 e. The first-order chi connectivity index (χ1) is 9.50. The van der Waals surface area contributed by atoms with Crippen LogP contribution in [-0.2, 0) is 0 Å². The van der Waals surface area contributed by atoms with Gasteiger partial charge in [-0.15, -0.1) is 0 Å². The number of halogens is 1. The summed E-state index contributed by atoms with van der Waals surface area (Å²) in [5.41, 5.74) is 3.29. The Morgan fingerprint density at radius 3 is 2.85 bits per heavy atom. The van der Waals surface area contributed by atoms with Crippen LogP contribution in [0.1, 0.15) is 41.6 Å². The topological polar surface area (TPSA) is 49.0 Å². The fourth-order valence-electron chi connectivity index (χ4n) is 2.80. The van der Waals surface area contributed by atoms with Crippen LogP contribution in [0.5, 0.6) is 0 Å². The number of aryl methyl sites for hydroxylation is 1. The molecule has 20 heavy (non-hydrogen) atoms. The monoisotopic (exact) mass is 289 g/mol. The molecule has 1 aromatic carbocycles. The average Bonchev–Trinajstić information content (AvgIpc) is 2.95. The Kier molecular flexibility index (Phi) is 3.05. The highest BCUT2D eigenvalue weighted by molar-refractivity contribution is 6.31. The van der Waals surface area contributed by atoms with Gasteiger partial charge in [-0.3, -0.25) is 9.69 Å². The number of carbonyl (C=O) groups is 1. The maximum absolute atomic E-state index is 12.6. The van der Waals surface area contributed by atoms with Crippen molar-refractivity contribution in [3.05, 3.63) is 46.5 Å². The SMILES string of the molecule is Cc1ccc(Cl)cc1N1C(=O)c2nc[nH]c2C1C(C)C. The summed E-state index contributed by atoms with van der Waals surface area (Å²) in [6.07, 6.45) is 1.58. The van der Waals surface area contributed by atoms with E-state index in [1.54, 1.807) is 11.2 Å². The number of anilines is 1. The second-order valence-electron chi connectivity index (χ2n) is 5.46. The van der Waals surface area contributed by atoms with Crippen molar-refractivity contribution in [3.8, 4) is 0 Å². The van der Waals surface area contributed by atoms with Crippen molar-refractivity contribution < 1.29 is 4.79 Å². The molecule has 1 aromatic heterocycles. The van der Waals surface area contributed by atoms with Gasteiger partial charge in [0.25, 0.3) is 5.91 Å². The van der Waals surface area contributed by atoms with Gasteiger partial charge in [0.2, 0.25) is 0 Å². The Morgan fingerprint density at radius 2 is 2.15 bits per heavy atom. The van der Waals surface area contributed by atoms with E-state index < -0.39 is 0 Å². The fraction of sp³-hybridized carbons (Fsp3) is 0.333. The van der Waals surface area contributed by atoms with Crippen LogP contribution in [0, 0.1) is 12.8 Å². The number of hydrogen-bond donors (Lipinski definition) is 1. The van der Waals surface area contributed by atoms with Crippen LogP contribution in [0.15, 0.2) is 24.5 Å². The van der Waals surface area contributed by atoms with E-state index in [1.807, 2.05) is 25.1 Å². The molecular weight excluding hydrogens is 274 g/mol. The molecule has 0 radical (unpaired) electrons. The summed E-state index contributed by atoms with van der Waals surface area (Å²) in [5.74, 6) is 0.212. The first kappa shape index (κ1) is 13.2. The summed E-state index contributed by atoms with van der Waals surface area (Å²) >= 11 is 6.09. The maximum Gasteiger partial charge on any atom is 0.279 e. The average molecular weight is 290 g/mol. The molecule has 3 rings (SSSR count). The van der Waals surface area contributed by atoms with Gasteiger partial charge in [0, 0.05) is 10.7 Å². The van der Waals surface area contributed by atoms with E-state index >= 15 is 0 Å². The van der Waals surface area contributed by atoms with Gasteiger partial charge >= 0.3 is 0 Å². The number of benzene rings is 1. The Balaban J connectivity index is 2.16. The number of H-pyrrole nitrogens is 1. The number of amides is 1. The van der Waals surface area contributed by atoms with Crippen molar-refractivity contribution in [2.24, 2.45) is 5.92 Å². The molecule has 104 valence electrons. The Bertz CT molecular complexity index is 678. The van der Waals surface area contributed by atoms with Gasteiger partial charge in [-0.05, 0) is 30.5 Å². The number of imidazole rings is 1. The molecule has 0 saturated heterocycles. The van der Waals surface area contributed by atoms with Gasteiger partial charge in [0.05, 0.1) is 18.1 Å². The van der Waals surface area contributed by atoms with E-state index in [-0.39, 0.29) is 17.9 Å². The summed E-state index contributed by atoms with van der Waals surface area (Å²) in [6, 6.07) is 5.58. The molecule has 0 aliphatic carbocycles. The third-order valence-corrected chi connectivity index (χ3v) is 3.96. The van der Waals surface area contributed by atoms with Crippen molar-refractivity contribution in [1.29, 1.82) is 0 Å². The van der Waals surface area contributed by atoms with Crippen molar-refractivity contribution in [3.63, 3.8) is 0 Å². The molecule has 2 aromatic rings. The van der Waals surface area contributed by atoms with Crippen molar-refractivity contribution in [2.75, 3.05) is 4.90 Å². The van der Waals surface area contributed by atoms with Gasteiger partial charge in [-0.1, -0.05) is 31.5 Å². The van der Waals surface area contributed by atoms with E-state index in [1.165, 1.54) is 0 Å². The lowest BCUT2D eigenvalue weighted by atomic mass is 10.0. The van der Waals surface area contributed by atoms with Crippen molar-refractivity contribution in [2.45, 2.75) is 26.8 Å². The minimum absolute atomic E-state index is 0.0304. The zero-order valence-electron chi connectivity index (χ0n) is 11.6. The third kappa shape index (κ3) is 1.83. The molecule has 1 N–H and O–H groups in total. The first-order valence-electron chi connectivity index (χ1n) is 6.63. The number of nitrogens with zero attached hydrogens (tertiary/aromatic N) is 2. The van der Waals surface area contributed by atoms with Crippen LogP contribution in [0.2, 0.25) is 5.02 Å². The highest BCUT2D eigenvalue weighted by Gasteiger charge is 2.42. The van der Waals surface area contributed by atoms with Crippen LogP contribution >= 0.6 is 11.6 Å². The number of aromatic amines is 1. The number of carbonyl (C=O) groups excluding carboxylic acids is 1. The Morgan fingerprint density at radius 1 is 1.40 bits per heavy atom. The Labute approximate surface area is 122 Å². The summed E-state index contributed by atoms with van der Waals surface area (Å²) < 4.78 is 0. The predicted molar refractivity (Wildman–Crippen MR) is 79.2 cm³/mol. The molecule has 0 fully saturated rings. The molecule has 2 heterocycles. The van der Waals surface area contributed by atoms with Gasteiger partial charge < -0.3 is 4.98 Å². The maximum atomic E-state index is 12.6. The lowest BCUT2D eigenvalue weighted by Crippen LogP contribution is -2.31. The smallest absolute Gasteiger partial charge is 0.279 e. The van der Waals surface area contributed by atoms with Crippen molar-refractivity contribution in [1.82, 2.24) is 9.97 Å². The van der Waals surface area contributed by atoms with Crippen molar-refractivity contribution >= 4 is 23.2 Å². The van der Waals surface area contributed by atoms with E-state index in [0.717, 1.165) is 16.9 Å². The van der Waals surface area contributed by atoms with Gasteiger partial charge in [-0.25, -0.2) is 4.98 Å². The van der Waals surface area contributed by atoms with Crippen LogP contribution in [0.25, 0.3) is 0 Å². The highest BCUT2D eigenvalue weighted by Crippen LogP contribution is 2.41. The summed E-state index contributed by atoms with van der Waals surface area (Å²) in [5, 5.41) is 0.629. The van der Waals surface area contributed by atoms with E-state index in [2.05, 4.69) is 23.8 Å². The summed E-state index contributed by atoms with van der Waals surface area (Å²) in [6.45, 7) is 6.18. The summed E-state index contributed by atoms with van der Waals surface area (Å²) in [4.78, 5) is 21.7. The molecule has 0 bridgehead atoms. The second-order valence-corrected chi connectivity index (χ2v) is 5.90. The van der Waals surface area contributed by atoms with Crippen LogP contribution in [-0.4, -0.2) is 15.9 Å². The van der Waals surface area contributed by atoms with E-state index in [9.17, 15) is 4.79 Å². The number of nitrogens with one attached hydrogen (secondary N) is 1. The van der Waals surface area contributed by atoms with E-state index in [4.69, 9.17) is 11.6 Å². The first-order valence-corrected chi connectivity index (χ1v) is 7.01. The zero-order chi connectivity index (χ0) is 14.4. The van der Waals surface area contributed by atoms with Crippen LogP contribution in [0.3, 0.4) is 0 Å². The number of aromatic nitrogens is 2. The lowest BCUT2D eigenvalue weighted by Gasteiger charge is -2.29. The molecule has 4 nitrogen and oxygen atoms in total. The van der Waals surface area contributed by atoms with Crippen LogP contribution in [0.4, 0.5) is 5.69 Å². The zero-order valence-corrected chi connectivity index (χ0v) is 12.4. The number of fused-ring (bicyclic) bond motifs is 1. The largest absolute Gasteiger partial charge is 0.346 e. The molecule has 1 unspecified atom stereocenters. The quantitative estimate of drug-likeness (QED) is 0.916. The standard InChI is InChI=1S/C15H16ClN3O/c1-8(2)14-12-13(18-7-17-12)15(20)19(14)11-6-10(16)5-4-9(11)3/h4-8,14H,1-3H3,(H,17,18). The minimum atomic E-state index is -0.0645. The molecule has 0 spiro atoms. The van der Waals surface area contributed by atoms with E-state index in [0.29, 0.717) is 10.7 Å². The fourth-order valence-corrected chi connectivity index (χ4v) is 2.97. The highest BCUT2D eigenvalue weighted by atomic mass is 35.5. The molecule has 0 saturated carbocycles. The molecule has 5 heteroatoms. The number of rotatable bonds is 2. The normalized spacial score (nSPS) is 17.9. The summed E-state index contributed by atoms with van der Waals surface area (Å²) in [7, 11) is 0. The molecular formula is C15H16ClN3O. The lowest BCUT2D eigenvalue weighted by molar-refractivity contribution is 0.0982. The second kappa shape index (κ2) is 4.63. The predicted octanol–water partition coefficient (Wildman–Crippen LogP) is 3.73. The van der Waals surface area contributed by atoms with Gasteiger partial charge in [0.1, 0.15) is 0 Å². The van der Waals surface area contributed by atoms with Gasteiger partial charge in [0.15, 0.2) is 5.69 Å². The molecule has 1 aliphatic heterocycles. The van der Waals surface area contributed by atoms with Gasteiger partial charge in [-0.2, -0.15) is 0 Å². The van der Waals surface area contributed by atoms with Crippen LogP contribution < -0.4 is 4.90 Å². The number of hydrogen-bond acceptors (Lipinski definition) is 2. The Hall–Kier alpha value is -1.81.